The number of fused-ring (bicyclic) bond motifs is 3. The number of imidazole rings is 1. The molecule has 8 heteroatoms. The fourth-order valence-corrected chi connectivity index (χ4v) is 3.39. The molecule has 0 saturated carbocycles. The lowest BCUT2D eigenvalue weighted by Crippen LogP contribution is -2.32. The SMILES string of the molecule is Cc1c2c(-c3noc(C4CCCO4)n3)ncn2c2ccccc2[n+]1[O-]. The van der Waals surface area contributed by atoms with Crippen molar-refractivity contribution in [2.75, 3.05) is 6.61 Å². The lowest BCUT2D eigenvalue weighted by atomic mass is 10.2. The summed E-state index contributed by atoms with van der Waals surface area (Å²) < 4.78 is 13.7. The summed E-state index contributed by atoms with van der Waals surface area (Å²) >= 11 is 0. The summed E-state index contributed by atoms with van der Waals surface area (Å²) in [5.74, 6) is 0.827. The first-order chi connectivity index (χ1) is 12.2. The van der Waals surface area contributed by atoms with E-state index in [2.05, 4.69) is 15.1 Å². The summed E-state index contributed by atoms with van der Waals surface area (Å²) in [6.07, 6.45) is 3.39. The number of hydrogen-bond donors (Lipinski definition) is 0. The predicted molar refractivity (Wildman–Crippen MR) is 87.6 cm³/mol. The van der Waals surface area contributed by atoms with Crippen LogP contribution >= 0.6 is 0 Å². The minimum absolute atomic E-state index is 0.151. The minimum atomic E-state index is -0.151. The zero-order valence-electron chi connectivity index (χ0n) is 13.5. The fraction of sp³-hybridized carbons (Fsp3) is 0.294. The van der Waals surface area contributed by atoms with Gasteiger partial charge in [0, 0.05) is 19.6 Å². The number of nitrogens with zero attached hydrogens (tertiary/aromatic N) is 5. The van der Waals surface area contributed by atoms with E-state index in [1.807, 2.05) is 22.6 Å². The Labute approximate surface area is 142 Å². The van der Waals surface area contributed by atoms with Crippen molar-refractivity contribution in [3.8, 4) is 11.5 Å². The van der Waals surface area contributed by atoms with Gasteiger partial charge in [-0.3, -0.25) is 4.40 Å². The lowest BCUT2D eigenvalue weighted by Gasteiger charge is -2.08. The maximum atomic E-state index is 12.6. The van der Waals surface area contributed by atoms with Crippen molar-refractivity contribution in [2.24, 2.45) is 0 Å². The van der Waals surface area contributed by atoms with E-state index in [-0.39, 0.29) is 6.10 Å². The van der Waals surface area contributed by atoms with Crippen LogP contribution in [-0.4, -0.2) is 26.1 Å². The summed E-state index contributed by atoms with van der Waals surface area (Å²) in [6, 6.07) is 7.40. The molecule has 1 aliphatic heterocycles. The van der Waals surface area contributed by atoms with Gasteiger partial charge < -0.3 is 14.5 Å². The van der Waals surface area contributed by atoms with Crippen molar-refractivity contribution in [1.82, 2.24) is 19.5 Å². The standard InChI is InChI=1S/C17H15N5O3/c1-10-15-14(16-19-17(25-20-16)13-7-4-8-24-13)18-9-21(15)11-5-2-3-6-12(11)22(10)23/h2-3,5-6,9,13H,4,7-8H2,1H3. The number of ether oxygens (including phenoxy) is 1. The third kappa shape index (κ3) is 2.04. The lowest BCUT2D eigenvalue weighted by molar-refractivity contribution is -0.583. The van der Waals surface area contributed by atoms with Crippen LogP contribution in [0.4, 0.5) is 0 Å². The molecule has 1 atom stereocenters. The van der Waals surface area contributed by atoms with Gasteiger partial charge in [0.1, 0.15) is 29.2 Å². The average Bonchev–Trinajstić information content (AvgIpc) is 3.38. The smallest absolute Gasteiger partial charge is 0.256 e. The maximum absolute atomic E-state index is 12.6. The molecule has 1 aliphatic rings. The van der Waals surface area contributed by atoms with Gasteiger partial charge in [0.2, 0.25) is 17.0 Å². The molecule has 126 valence electrons. The molecule has 4 aromatic rings. The van der Waals surface area contributed by atoms with Gasteiger partial charge in [0.15, 0.2) is 0 Å². The molecule has 3 aromatic heterocycles. The van der Waals surface area contributed by atoms with Crippen molar-refractivity contribution in [1.29, 1.82) is 0 Å². The van der Waals surface area contributed by atoms with Crippen molar-refractivity contribution in [3.05, 3.63) is 47.4 Å². The largest absolute Gasteiger partial charge is 0.618 e. The van der Waals surface area contributed by atoms with Crippen LogP contribution in [0, 0.1) is 12.1 Å². The van der Waals surface area contributed by atoms with Gasteiger partial charge in [0.25, 0.3) is 5.89 Å². The summed E-state index contributed by atoms with van der Waals surface area (Å²) in [4.78, 5) is 8.89. The van der Waals surface area contributed by atoms with Crippen LogP contribution in [0.5, 0.6) is 0 Å². The summed E-state index contributed by atoms with van der Waals surface area (Å²) in [7, 11) is 0. The van der Waals surface area contributed by atoms with Gasteiger partial charge in [-0.15, -0.1) is 0 Å². The Bertz CT molecular complexity index is 1090. The van der Waals surface area contributed by atoms with Crippen LogP contribution in [0.1, 0.15) is 30.5 Å². The molecule has 1 fully saturated rings. The number of aryl methyl sites for hydroxylation is 1. The van der Waals surface area contributed by atoms with E-state index >= 15 is 0 Å². The number of hydrogen-bond acceptors (Lipinski definition) is 6. The van der Waals surface area contributed by atoms with Crippen LogP contribution < -0.4 is 4.73 Å². The van der Waals surface area contributed by atoms with Gasteiger partial charge in [-0.25, -0.2) is 4.98 Å². The zero-order chi connectivity index (χ0) is 17.0. The molecular weight excluding hydrogens is 322 g/mol. The van der Waals surface area contributed by atoms with Crippen LogP contribution in [0.25, 0.3) is 28.1 Å². The number of aromatic nitrogens is 5. The van der Waals surface area contributed by atoms with E-state index in [4.69, 9.17) is 9.26 Å². The Hall–Kier alpha value is -3.00. The second-order valence-corrected chi connectivity index (χ2v) is 6.14. The summed E-state index contributed by atoms with van der Waals surface area (Å²) in [6.45, 7) is 2.47. The molecule has 0 bridgehead atoms. The Balaban J connectivity index is 1.72. The Morgan fingerprint density at radius 1 is 1.32 bits per heavy atom. The molecule has 0 aliphatic carbocycles. The van der Waals surface area contributed by atoms with Gasteiger partial charge in [-0.2, -0.15) is 9.71 Å². The molecular formula is C17H15N5O3. The van der Waals surface area contributed by atoms with Crippen LogP contribution in [0.2, 0.25) is 0 Å². The van der Waals surface area contributed by atoms with E-state index in [0.29, 0.717) is 40.7 Å². The number of para-hydroxylation sites is 2. The molecule has 0 amide bonds. The summed E-state index contributed by atoms with van der Waals surface area (Å²) in [5.41, 5.74) is 3.10. The number of rotatable bonds is 2. The first-order valence-corrected chi connectivity index (χ1v) is 8.17. The molecule has 1 aromatic carbocycles. The molecule has 8 nitrogen and oxygen atoms in total. The molecule has 1 saturated heterocycles. The predicted octanol–water partition coefficient (Wildman–Crippen LogP) is 2.33. The van der Waals surface area contributed by atoms with Gasteiger partial charge in [0.05, 0.1) is 0 Å². The Kier molecular flexibility index (Phi) is 3.01. The second kappa shape index (κ2) is 5.25. The highest BCUT2D eigenvalue weighted by atomic mass is 16.5. The third-order valence-corrected chi connectivity index (χ3v) is 4.63. The first-order valence-electron chi connectivity index (χ1n) is 8.17. The summed E-state index contributed by atoms with van der Waals surface area (Å²) in [5, 5.41) is 16.7. The van der Waals surface area contributed by atoms with Crippen molar-refractivity contribution in [3.63, 3.8) is 0 Å². The van der Waals surface area contributed by atoms with E-state index in [1.54, 1.807) is 19.3 Å². The highest BCUT2D eigenvalue weighted by molar-refractivity contribution is 5.82. The molecule has 0 radical (unpaired) electrons. The fourth-order valence-electron chi connectivity index (χ4n) is 3.39. The number of benzene rings is 1. The second-order valence-electron chi connectivity index (χ2n) is 6.14. The van der Waals surface area contributed by atoms with Crippen LogP contribution in [0.15, 0.2) is 35.1 Å². The first kappa shape index (κ1) is 14.4. The van der Waals surface area contributed by atoms with Crippen LogP contribution in [-0.2, 0) is 4.74 Å². The average molecular weight is 337 g/mol. The van der Waals surface area contributed by atoms with E-state index in [1.165, 1.54) is 0 Å². The monoisotopic (exact) mass is 337 g/mol. The van der Waals surface area contributed by atoms with Gasteiger partial charge in [-0.1, -0.05) is 17.3 Å². The topological polar surface area (TPSA) is 92.4 Å². The molecule has 4 heterocycles. The van der Waals surface area contributed by atoms with Crippen LogP contribution in [0.3, 0.4) is 0 Å². The van der Waals surface area contributed by atoms with Crippen molar-refractivity contribution < 1.29 is 14.0 Å². The third-order valence-electron chi connectivity index (χ3n) is 4.63. The van der Waals surface area contributed by atoms with Crippen molar-refractivity contribution in [2.45, 2.75) is 25.9 Å². The zero-order valence-corrected chi connectivity index (χ0v) is 13.5. The molecule has 5 rings (SSSR count). The highest BCUT2D eigenvalue weighted by Crippen LogP contribution is 2.30. The highest BCUT2D eigenvalue weighted by Gasteiger charge is 2.27. The van der Waals surface area contributed by atoms with E-state index in [0.717, 1.165) is 23.1 Å². The van der Waals surface area contributed by atoms with E-state index in [9.17, 15) is 5.21 Å². The van der Waals surface area contributed by atoms with Crippen molar-refractivity contribution >= 4 is 16.6 Å². The normalized spacial score (nSPS) is 17.7. The molecule has 1 unspecified atom stereocenters. The molecule has 25 heavy (non-hydrogen) atoms. The quantitative estimate of drug-likeness (QED) is 0.412. The maximum Gasteiger partial charge on any atom is 0.256 e. The minimum Gasteiger partial charge on any atom is -0.618 e. The Morgan fingerprint density at radius 2 is 2.20 bits per heavy atom. The molecule has 0 N–H and O–H groups in total. The van der Waals surface area contributed by atoms with E-state index < -0.39 is 0 Å². The Morgan fingerprint density at radius 3 is 3.04 bits per heavy atom. The molecule has 0 spiro atoms. The van der Waals surface area contributed by atoms with Gasteiger partial charge >= 0.3 is 0 Å². The van der Waals surface area contributed by atoms with Gasteiger partial charge in [-0.05, 0) is 18.9 Å².